The first kappa shape index (κ1) is 21.9. The molecule has 0 fully saturated rings. The zero-order valence-corrected chi connectivity index (χ0v) is 18.8. The van der Waals surface area contributed by atoms with Gasteiger partial charge in [0.25, 0.3) is 5.91 Å². The fourth-order valence-electron chi connectivity index (χ4n) is 2.65. The van der Waals surface area contributed by atoms with E-state index >= 15 is 0 Å². The maximum atomic E-state index is 12.2. The molecule has 0 heterocycles. The lowest BCUT2D eigenvalue weighted by atomic mass is 10.1. The van der Waals surface area contributed by atoms with Crippen LogP contribution >= 0.6 is 27.5 Å². The monoisotopic (exact) mass is 486 g/mol. The molecule has 3 rings (SSSR count). The summed E-state index contributed by atoms with van der Waals surface area (Å²) in [5.74, 6) is 0.619. The van der Waals surface area contributed by atoms with Gasteiger partial charge in [0.15, 0.2) is 11.5 Å². The van der Waals surface area contributed by atoms with Crippen LogP contribution in [0.15, 0.2) is 70.2 Å². The summed E-state index contributed by atoms with van der Waals surface area (Å²) in [5, 5.41) is 4.39. The van der Waals surface area contributed by atoms with Gasteiger partial charge in [0.05, 0.1) is 18.3 Å². The number of halogens is 2. The molecule has 0 aliphatic heterocycles. The van der Waals surface area contributed by atoms with Gasteiger partial charge in [-0.25, -0.2) is 5.43 Å². The predicted molar refractivity (Wildman–Crippen MR) is 123 cm³/mol. The van der Waals surface area contributed by atoms with Crippen LogP contribution in [0.3, 0.4) is 0 Å². The van der Waals surface area contributed by atoms with Crippen LogP contribution in [-0.2, 0) is 6.61 Å². The Bertz CT molecular complexity index is 1070. The van der Waals surface area contributed by atoms with Crippen molar-refractivity contribution >= 4 is 39.7 Å². The highest BCUT2D eigenvalue weighted by atomic mass is 79.9. The minimum Gasteiger partial charge on any atom is -0.493 e. The molecule has 1 amide bonds. The van der Waals surface area contributed by atoms with Crippen LogP contribution in [0.4, 0.5) is 0 Å². The Balaban J connectivity index is 1.69. The predicted octanol–water partition coefficient (Wildman–Crippen LogP) is 5.76. The fourth-order valence-corrected chi connectivity index (χ4v) is 3.33. The first-order valence-electron chi connectivity index (χ1n) is 9.11. The van der Waals surface area contributed by atoms with E-state index in [1.165, 1.54) is 11.8 Å². The van der Waals surface area contributed by atoms with Gasteiger partial charge in [0.2, 0.25) is 0 Å². The first-order valence-corrected chi connectivity index (χ1v) is 10.3. The summed E-state index contributed by atoms with van der Waals surface area (Å²) in [6, 6.07) is 18.5. The van der Waals surface area contributed by atoms with Crippen LogP contribution in [0.5, 0.6) is 11.5 Å². The number of ether oxygens (including phenoxy) is 2. The molecule has 0 saturated heterocycles. The number of carbonyl (C=O) groups is 1. The number of rotatable bonds is 7. The Labute approximate surface area is 188 Å². The molecule has 0 unspecified atom stereocenters. The van der Waals surface area contributed by atoms with Crippen molar-refractivity contribution in [2.75, 3.05) is 7.11 Å². The van der Waals surface area contributed by atoms with Gasteiger partial charge in [0.1, 0.15) is 6.61 Å². The third kappa shape index (κ3) is 5.84. The lowest BCUT2D eigenvalue weighted by Crippen LogP contribution is -2.17. The van der Waals surface area contributed by atoms with Crippen molar-refractivity contribution in [2.24, 2.45) is 5.10 Å². The molecule has 0 atom stereocenters. The Morgan fingerprint density at radius 1 is 1.17 bits per heavy atom. The molecule has 3 aromatic rings. The Morgan fingerprint density at radius 3 is 2.63 bits per heavy atom. The Morgan fingerprint density at radius 2 is 1.93 bits per heavy atom. The molecule has 7 heteroatoms. The second-order valence-corrected chi connectivity index (χ2v) is 7.84. The van der Waals surface area contributed by atoms with Crippen molar-refractivity contribution in [3.05, 3.63) is 92.4 Å². The van der Waals surface area contributed by atoms with Crippen LogP contribution in [0.1, 0.15) is 27.0 Å². The zero-order chi connectivity index (χ0) is 21.5. The number of hydrazone groups is 1. The first-order chi connectivity index (χ1) is 14.5. The number of nitrogens with zero attached hydrogens (tertiary/aromatic N) is 1. The summed E-state index contributed by atoms with van der Waals surface area (Å²) in [5.41, 5.74) is 5.86. The van der Waals surface area contributed by atoms with Crippen LogP contribution < -0.4 is 14.9 Å². The number of hydrogen-bond acceptors (Lipinski definition) is 4. The standard InChI is InChI=1S/C23H20BrClN2O3/c1-15-6-8-16(9-7-15)14-30-22-20(25)10-17(11-21(22)29-2)13-26-27-23(28)18-4-3-5-19(24)12-18/h3-13H,14H2,1-2H3,(H,27,28)/b26-13-. The third-order valence-electron chi connectivity index (χ3n) is 4.22. The molecule has 0 bridgehead atoms. The van der Waals surface area contributed by atoms with E-state index < -0.39 is 0 Å². The van der Waals surface area contributed by atoms with Gasteiger partial charge in [-0.05, 0) is 48.4 Å². The van der Waals surface area contributed by atoms with Crippen molar-refractivity contribution in [3.8, 4) is 11.5 Å². The van der Waals surface area contributed by atoms with Crippen LogP contribution in [-0.4, -0.2) is 19.2 Å². The normalized spacial score (nSPS) is 10.8. The van der Waals surface area contributed by atoms with E-state index in [0.717, 1.165) is 10.0 Å². The summed E-state index contributed by atoms with van der Waals surface area (Å²) in [4.78, 5) is 12.2. The number of carbonyl (C=O) groups excluding carboxylic acids is 1. The molecule has 0 saturated carbocycles. The van der Waals surface area contributed by atoms with Gasteiger partial charge >= 0.3 is 0 Å². The Kier molecular flexibility index (Phi) is 7.49. The van der Waals surface area contributed by atoms with Gasteiger partial charge in [-0.2, -0.15) is 5.10 Å². The highest BCUT2D eigenvalue weighted by molar-refractivity contribution is 9.10. The van der Waals surface area contributed by atoms with E-state index in [0.29, 0.717) is 34.3 Å². The van der Waals surface area contributed by atoms with Crippen molar-refractivity contribution in [1.29, 1.82) is 0 Å². The molecular weight excluding hydrogens is 468 g/mol. The van der Waals surface area contributed by atoms with E-state index in [4.69, 9.17) is 21.1 Å². The molecule has 1 N–H and O–H groups in total. The summed E-state index contributed by atoms with van der Waals surface area (Å²) in [7, 11) is 1.54. The maximum absolute atomic E-state index is 12.2. The van der Waals surface area contributed by atoms with E-state index in [9.17, 15) is 4.79 Å². The van der Waals surface area contributed by atoms with Crippen molar-refractivity contribution < 1.29 is 14.3 Å². The zero-order valence-electron chi connectivity index (χ0n) is 16.5. The number of amides is 1. The number of nitrogens with one attached hydrogen (secondary N) is 1. The molecule has 0 radical (unpaired) electrons. The largest absolute Gasteiger partial charge is 0.493 e. The van der Waals surface area contributed by atoms with Crippen molar-refractivity contribution in [1.82, 2.24) is 5.43 Å². The second kappa shape index (κ2) is 10.3. The smallest absolute Gasteiger partial charge is 0.271 e. The molecule has 30 heavy (non-hydrogen) atoms. The highest BCUT2D eigenvalue weighted by Crippen LogP contribution is 2.36. The summed E-state index contributed by atoms with van der Waals surface area (Å²) in [6.07, 6.45) is 1.49. The van der Waals surface area contributed by atoms with Crippen molar-refractivity contribution in [3.63, 3.8) is 0 Å². The minimum absolute atomic E-state index is 0.316. The lowest BCUT2D eigenvalue weighted by Gasteiger charge is -2.13. The molecule has 3 aromatic carbocycles. The van der Waals surface area contributed by atoms with E-state index in [-0.39, 0.29) is 5.91 Å². The van der Waals surface area contributed by atoms with E-state index in [1.807, 2.05) is 37.3 Å². The summed E-state index contributed by atoms with van der Waals surface area (Å²) >= 11 is 9.74. The van der Waals surface area contributed by atoms with Crippen LogP contribution in [0.25, 0.3) is 0 Å². The quantitative estimate of drug-likeness (QED) is 0.340. The number of methoxy groups -OCH3 is 1. The molecule has 0 aliphatic carbocycles. The van der Waals surface area contributed by atoms with E-state index in [2.05, 4.69) is 26.5 Å². The Hall–Kier alpha value is -2.83. The minimum atomic E-state index is -0.316. The molecule has 154 valence electrons. The third-order valence-corrected chi connectivity index (χ3v) is 5.00. The fraction of sp³-hybridized carbons (Fsp3) is 0.130. The van der Waals surface area contributed by atoms with Gasteiger partial charge in [-0.1, -0.05) is 63.4 Å². The molecular formula is C23H20BrClN2O3. The molecule has 5 nitrogen and oxygen atoms in total. The number of hydrogen-bond donors (Lipinski definition) is 1. The maximum Gasteiger partial charge on any atom is 0.271 e. The van der Waals surface area contributed by atoms with Gasteiger partial charge in [-0.15, -0.1) is 0 Å². The molecule has 0 spiro atoms. The highest BCUT2D eigenvalue weighted by Gasteiger charge is 2.12. The van der Waals surface area contributed by atoms with Crippen LogP contribution in [0, 0.1) is 6.92 Å². The lowest BCUT2D eigenvalue weighted by molar-refractivity contribution is 0.0955. The van der Waals surface area contributed by atoms with Crippen LogP contribution in [0.2, 0.25) is 5.02 Å². The SMILES string of the molecule is COc1cc(/C=N\NC(=O)c2cccc(Br)c2)cc(Cl)c1OCc1ccc(C)cc1. The topological polar surface area (TPSA) is 59.9 Å². The number of benzene rings is 3. The van der Waals surface area contributed by atoms with Gasteiger partial charge in [0, 0.05) is 10.0 Å². The summed E-state index contributed by atoms with van der Waals surface area (Å²) < 4.78 is 12.1. The average molecular weight is 488 g/mol. The average Bonchev–Trinajstić information content (AvgIpc) is 2.73. The van der Waals surface area contributed by atoms with Crippen molar-refractivity contribution in [2.45, 2.75) is 13.5 Å². The second-order valence-electron chi connectivity index (χ2n) is 6.52. The molecule has 0 aliphatic rings. The number of aryl methyl sites for hydroxylation is 1. The van der Waals surface area contributed by atoms with E-state index in [1.54, 1.807) is 37.4 Å². The van der Waals surface area contributed by atoms with Gasteiger partial charge < -0.3 is 9.47 Å². The van der Waals surface area contributed by atoms with Gasteiger partial charge in [-0.3, -0.25) is 4.79 Å². The summed E-state index contributed by atoms with van der Waals surface area (Å²) in [6.45, 7) is 2.40. The molecule has 0 aromatic heterocycles.